The fourth-order valence-corrected chi connectivity index (χ4v) is 0.955. The number of carbonyl (C=O) groups is 1. The smallest absolute Gasteiger partial charge is 0.253 e. The Kier molecular flexibility index (Phi) is 1.31. The molecule has 0 aromatic heterocycles. The van der Waals surface area contributed by atoms with Gasteiger partial charge in [0.15, 0.2) is 0 Å². The Labute approximate surface area is 60.7 Å². The highest BCUT2D eigenvalue weighted by Crippen LogP contribution is 2.26. The number of amides is 1. The minimum atomic E-state index is -0.380. The number of hydrogen-bond donors (Lipinski definition) is 0. The molecule has 0 unspecified atom stereocenters. The third-order valence-corrected chi connectivity index (χ3v) is 2.03. The lowest BCUT2D eigenvalue weighted by molar-refractivity contribution is -0.133. The van der Waals surface area contributed by atoms with Crippen LogP contribution in [0.2, 0.25) is 0 Å². The highest BCUT2D eigenvalue weighted by molar-refractivity contribution is 6.10. The Morgan fingerprint density at radius 3 is 2.10 bits per heavy atom. The van der Waals surface area contributed by atoms with Crippen LogP contribution in [-0.4, -0.2) is 23.7 Å². The van der Waals surface area contributed by atoms with E-state index in [0.29, 0.717) is 0 Å². The molecule has 1 amide bonds. The van der Waals surface area contributed by atoms with Crippen LogP contribution in [0.4, 0.5) is 0 Å². The molecule has 3 heteroatoms. The first-order chi connectivity index (χ1) is 4.46. The fraction of sp³-hybridized carbons (Fsp3) is 0.714. The quantitative estimate of drug-likeness (QED) is 0.491. The van der Waals surface area contributed by atoms with Crippen molar-refractivity contribution in [2.24, 2.45) is 10.5 Å². The van der Waals surface area contributed by atoms with Gasteiger partial charge in [-0.15, -0.1) is 0 Å². The van der Waals surface area contributed by atoms with Crippen molar-refractivity contribution in [3.63, 3.8) is 0 Å². The van der Waals surface area contributed by atoms with Gasteiger partial charge in [-0.2, -0.15) is 5.10 Å². The van der Waals surface area contributed by atoms with E-state index in [2.05, 4.69) is 5.10 Å². The SMILES string of the molecule is CC1=NN(C)C(=O)C1(C)C. The maximum Gasteiger partial charge on any atom is 0.253 e. The number of hydrazone groups is 1. The lowest BCUT2D eigenvalue weighted by Crippen LogP contribution is -2.31. The molecule has 56 valence electrons. The van der Waals surface area contributed by atoms with Crippen molar-refractivity contribution in [2.45, 2.75) is 20.8 Å². The van der Waals surface area contributed by atoms with Crippen LogP contribution in [0.1, 0.15) is 20.8 Å². The lowest BCUT2D eigenvalue weighted by Gasteiger charge is -2.14. The van der Waals surface area contributed by atoms with Gasteiger partial charge in [0.1, 0.15) is 0 Å². The van der Waals surface area contributed by atoms with E-state index < -0.39 is 0 Å². The van der Waals surface area contributed by atoms with Crippen molar-refractivity contribution >= 4 is 11.6 Å². The first-order valence-electron chi connectivity index (χ1n) is 3.30. The Morgan fingerprint density at radius 1 is 1.50 bits per heavy atom. The van der Waals surface area contributed by atoms with Gasteiger partial charge in [0, 0.05) is 7.05 Å². The number of carbonyl (C=O) groups excluding carboxylic acids is 1. The molecular weight excluding hydrogens is 128 g/mol. The molecule has 0 aromatic rings. The highest BCUT2D eigenvalue weighted by atomic mass is 16.2. The molecule has 3 nitrogen and oxygen atoms in total. The summed E-state index contributed by atoms with van der Waals surface area (Å²) >= 11 is 0. The maximum atomic E-state index is 11.2. The Morgan fingerprint density at radius 2 is 2.00 bits per heavy atom. The Hall–Kier alpha value is -0.860. The van der Waals surface area contributed by atoms with E-state index in [4.69, 9.17) is 0 Å². The predicted molar refractivity (Wildman–Crippen MR) is 39.7 cm³/mol. The second-order valence-corrected chi connectivity index (χ2v) is 3.14. The largest absolute Gasteiger partial charge is 0.272 e. The van der Waals surface area contributed by atoms with E-state index >= 15 is 0 Å². The second kappa shape index (κ2) is 1.81. The molecule has 0 radical (unpaired) electrons. The third kappa shape index (κ3) is 0.735. The van der Waals surface area contributed by atoms with Crippen LogP contribution >= 0.6 is 0 Å². The Balaban J connectivity index is 3.00. The summed E-state index contributed by atoms with van der Waals surface area (Å²) < 4.78 is 0. The molecule has 0 saturated heterocycles. The van der Waals surface area contributed by atoms with Gasteiger partial charge in [-0.05, 0) is 20.8 Å². The summed E-state index contributed by atoms with van der Waals surface area (Å²) in [7, 11) is 1.68. The molecule has 0 atom stereocenters. The molecular formula is C7H12N2O. The average Bonchev–Trinajstić information content (AvgIpc) is 1.97. The zero-order valence-corrected chi connectivity index (χ0v) is 6.80. The van der Waals surface area contributed by atoms with Gasteiger partial charge in [0.25, 0.3) is 5.91 Å². The molecule has 0 aliphatic carbocycles. The van der Waals surface area contributed by atoms with Gasteiger partial charge >= 0.3 is 0 Å². The molecule has 0 N–H and O–H groups in total. The van der Waals surface area contributed by atoms with Crippen molar-refractivity contribution in [3.05, 3.63) is 0 Å². The van der Waals surface area contributed by atoms with Crippen molar-refractivity contribution in [3.8, 4) is 0 Å². The van der Waals surface area contributed by atoms with Gasteiger partial charge in [-0.25, -0.2) is 5.01 Å². The number of hydrogen-bond acceptors (Lipinski definition) is 2. The first kappa shape index (κ1) is 7.25. The van der Waals surface area contributed by atoms with Gasteiger partial charge in [0.05, 0.1) is 11.1 Å². The summed E-state index contributed by atoms with van der Waals surface area (Å²) in [6.07, 6.45) is 0. The minimum Gasteiger partial charge on any atom is -0.272 e. The van der Waals surface area contributed by atoms with Gasteiger partial charge in [0.2, 0.25) is 0 Å². The van der Waals surface area contributed by atoms with Crippen molar-refractivity contribution in [2.75, 3.05) is 7.05 Å². The molecule has 1 aliphatic rings. The molecule has 10 heavy (non-hydrogen) atoms. The molecule has 0 aromatic carbocycles. The van der Waals surface area contributed by atoms with Crippen molar-refractivity contribution < 1.29 is 4.79 Å². The highest BCUT2D eigenvalue weighted by Gasteiger charge is 2.38. The molecule has 0 bridgehead atoms. The normalized spacial score (nSPS) is 23.4. The number of rotatable bonds is 0. The fourth-order valence-electron chi connectivity index (χ4n) is 0.955. The zero-order chi connectivity index (χ0) is 7.94. The summed E-state index contributed by atoms with van der Waals surface area (Å²) in [4.78, 5) is 11.2. The predicted octanol–water partition coefficient (Wildman–Crippen LogP) is 0.861. The van der Waals surface area contributed by atoms with Crippen LogP contribution in [0.15, 0.2) is 5.10 Å². The topological polar surface area (TPSA) is 32.7 Å². The number of nitrogens with zero attached hydrogens (tertiary/aromatic N) is 2. The Bertz CT molecular complexity index is 206. The van der Waals surface area contributed by atoms with Gasteiger partial charge < -0.3 is 0 Å². The van der Waals surface area contributed by atoms with Crippen molar-refractivity contribution in [1.82, 2.24) is 5.01 Å². The average molecular weight is 140 g/mol. The van der Waals surface area contributed by atoms with E-state index in [0.717, 1.165) is 5.71 Å². The van der Waals surface area contributed by atoms with Crippen LogP contribution in [0.3, 0.4) is 0 Å². The summed E-state index contributed by atoms with van der Waals surface area (Å²) in [6.45, 7) is 5.65. The van der Waals surface area contributed by atoms with Crippen LogP contribution in [0.5, 0.6) is 0 Å². The molecule has 0 saturated carbocycles. The molecule has 0 spiro atoms. The van der Waals surface area contributed by atoms with Gasteiger partial charge in [-0.3, -0.25) is 4.79 Å². The monoisotopic (exact) mass is 140 g/mol. The third-order valence-electron chi connectivity index (χ3n) is 2.03. The minimum absolute atomic E-state index is 0.0741. The molecule has 1 aliphatic heterocycles. The van der Waals surface area contributed by atoms with Crippen molar-refractivity contribution in [1.29, 1.82) is 0 Å². The second-order valence-electron chi connectivity index (χ2n) is 3.14. The molecule has 1 rings (SSSR count). The molecule has 1 heterocycles. The van der Waals surface area contributed by atoms with Crippen LogP contribution in [0.25, 0.3) is 0 Å². The maximum absolute atomic E-state index is 11.2. The van der Waals surface area contributed by atoms with Crippen LogP contribution in [0, 0.1) is 5.41 Å². The summed E-state index contributed by atoms with van der Waals surface area (Å²) in [5.41, 5.74) is 0.509. The van der Waals surface area contributed by atoms with E-state index in [1.807, 2.05) is 20.8 Å². The summed E-state index contributed by atoms with van der Waals surface area (Å²) in [5.74, 6) is 0.0741. The summed E-state index contributed by atoms with van der Waals surface area (Å²) in [5, 5.41) is 5.42. The van der Waals surface area contributed by atoms with Crippen LogP contribution < -0.4 is 0 Å². The summed E-state index contributed by atoms with van der Waals surface area (Å²) in [6, 6.07) is 0. The van der Waals surface area contributed by atoms with E-state index in [1.54, 1.807) is 7.05 Å². The molecule has 0 fully saturated rings. The van der Waals surface area contributed by atoms with Gasteiger partial charge in [-0.1, -0.05) is 0 Å². The van der Waals surface area contributed by atoms with E-state index in [9.17, 15) is 4.79 Å². The van der Waals surface area contributed by atoms with Crippen LogP contribution in [-0.2, 0) is 4.79 Å². The van der Waals surface area contributed by atoms with E-state index in [1.165, 1.54) is 5.01 Å². The lowest BCUT2D eigenvalue weighted by atomic mass is 9.88. The first-order valence-corrected chi connectivity index (χ1v) is 3.30. The standard InChI is InChI=1S/C7H12N2O/c1-5-7(2,3)6(10)9(4)8-5/h1-4H3. The zero-order valence-electron chi connectivity index (χ0n) is 6.80. The van der Waals surface area contributed by atoms with E-state index in [-0.39, 0.29) is 11.3 Å².